The largest absolute Gasteiger partial charge is 0.496 e. The van der Waals surface area contributed by atoms with Crippen LogP contribution in [0, 0.1) is 0 Å². The van der Waals surface area contributed by atoms with E-state index in [1.807, 2.05) is 48.5 Å². The maximum Gasteiger partial charge on any atom is 0.243 e. The van der Waals surface area contributed by atoms with Crippen molar-refractivity contribution < 1.29 is 19.4 Å². The van der Waals surface area contributed by atoms with E-state index in [1.54, 1.807) is 7.11 Å². The molecule has 8 heteroatoms. The second-order valence-corrected chi connectivity index (χ2v) is 8.09. The summed E-state index contributed by atoms with van der Waals surface area (Å²) in [5.74, 6) is 0.0374. The number of methoxy groups -OCH3 is 1. The maximum atomic E-state index is 12.9. The highest BCUT2D eigenvalue weighted by Gasteiger charge is 2.40. The number of ether oxygens (including phenoxy) is 1. The number of hydrogen-bond donors (Lipinski definition) is 4. The summed E-state index contributed by atoms with van der Waals surface area (Å²) in [4.78, 5) is 27.2. The van der Waals surface area contributed by atoms with Gasteiger partial charge >= 0.3 is 0 Å². The Bertz CT molecular complexity index is 921. The summed E-state index contributed by atoms with van der Waals surface area (Å²) < 4.78 is 5.33. The quantitative estimate of drug-likeness (QED) is 0.454. The van der Waals surface area contributed by atoms with E-state index in [0.717, 1.165) is 16.7 Å². The number of nitrogens with zero attached hydrogens (tertiary/aromatic N) is 1. The standard InChI is InChI=1S/C24H32N4O4/c1-32-22-11-17(7-9-18(22)13-25)14-27-23(30)21-12-19(29)15-28(21)24(31)20(26)10-8-16-5-3-2-4-6-16/h2-7,9,11,19-21,29H,8,10,12-15,25-26H2,1H3,(H,27,30). The molecule has 0 aromatic heterocycles. The zero-order chi connectivity index (χ0) is 23.1. The summed E-state index contributed by atoms with van der Waals surface area (Å²) in [6.07, 6.45) is 0.580. The lowest BCUT2D eigenvalue weighted by Gasteiger charge is -2.26. The SMILES string of the molecule is COc1cc(CNC(=O)C2CC(O)CN2C(=O)C(N)CCc2ccccc2)ccc1CN. The molecular weight excluding hydrogens is 408 g/mol. The van der Waals surface area contributed by atoms with Gasteiger partial charge in [0.25, 0.3) is 0 Å². The Morgan fingerprint density at radius 2 is 1.97 bits per heavy atom. The first-order valence-corrected chi connectivity index (χ1v) is 10.8. The van der Waals surface area contributed by atoms with E-state index >= 15 is 0 Å². The third kappa shape index (κ3) is 5.85. The molecule has 1 aliphatic heterocycles. The van der Waals surface area contributed by atoms with Crippen LogP contribution in [-0.2, 0) is 29.1 Å². The van der Waals surface area contributed by atoms with E-state index in [2.05, 4.69) is 5.32 Å². The second-order valence-electron chi connectivity index (χ2n) is 8.09. The first-order valence-electron chi connectivity index (χ1n) is 10.8. The summed E-state index contributed by atoms with van der Waals surface area (Å²) in [5.41, 5.74) is 14.7. The number of carbonyl (C=O) groups excluding carboxylic acids is 2. The van der Waals surface area contributed by atoms with Crippen LogP contribution in [0.1, 0.15) is 29.5 Å². The van der Waals surface area contributed by atoms with Gasteiger partial charge in [-0.1, -0.05) is 42.5 Å². The molecule has 3 rings (SSSR count). The fourth-order valence-corrected chi connectivity index (χ4v) is 3.98. The molecule has 0 aliphatic carbocycles. The molecule has 6 N–H and O–H groups in total. The smallest absolute Gasteiger partial charge is 0.243 e. The van der Waals surface area contributed by atoms with Gasteiger partial charge in [-0.05, 0) is 30.0 Å². The number of nitrogens with one attached hydrogen (secondary N) is 1. The van der Waals surface area contributed by atoms with Gasteiger partial charge in [-0.2, -0.15) is 0 Å². The molecule has 0 spiro atoms. The van der Waals surface area contributed by atoms with Gasteiger partial charge in [-0.15, -0.1) is 0 Å². The van der Waals surface area contributed by atoms with Crippen molar-refractivity contribution in [1.29, 1.82) is 0 Å². The number of aliphatic hydroxyl groups excluding tert-OH is 1. The van der Waals surface area contributed by atoms with Crippen LogP contribution in [0.5, 0.6) is 5.75 Å². The Balaban J connectivity index is 1.59. The van der Waals surface area contributed by atoms with Crippen molar-refractivity contribution in [2.24, 2.45) is 11.5 Å². The number of aliphatic hydroxyl groups is 1. The van der Waals surface area contributed by atoms with Crippen LogP contribution in [0.15, 0.2) is 48.5 Å². The second kappa shape index (κ2) is 11.1. The van der Waals surface area contributed by atoms with E-state index in [-0.39, 0.29) is 31.3 Å². The molecule has 2 aromatic rings. The number of amides is 2. The first-order chi connectivity index (χ1) is 15.4. The van der Waals surface area contributed by atoms with Gasteiger partial charge in [0.05, 0.1) is 19.3 Å². The number of β-amino-alcohol motifs (C(OH)–C–C–N with tert-alkyl or cyclic N) is 1. The van der Waals surface area contributed by atoms with E-state index in [4.69, 9.17) is 16.2 Å². The van der Waals surface area contributed by atoms with Gasteiger partial charge in [-0.3, -0.25) is 9.59 Å². The van der Waals surface area contributed by atoms with Crippen molar-refractivity contribution >= 4 is 11.8 Å². The van der Waals surface area contributed by atoms with Gasteiger partial charge in [-0.25, -0.2) is 0 Å². The van der Waals surface area contributed by atoms with Crippen molar-refractivity contribution in [3.63, 3.8) is 0 Å². The Morgan fingerprint density at radius 3 is 2.66 bits per heavy atom. The molecule has 1 fully saturated rings. The summed E-state index contributed by atoms with van der Waals surface area (Å²) in [6.45, 7) is 0.737. The van der Waals surface area contributed by atoms with E-state index in [1.165, 1.54) is 4.90 Å². The zero-order valence-corrected chi connectivity index (χ0v) is 18.4. The van der Waals surface area contributed by atoms with Crippen molar-refractivity contribution in [3.8, 4) is 5.75 Å². The highest BCUT2D eigenvalue weighted by molar-refractivity contribution is 5.90. The van der Waals surface area contributed by atoms with Gasteiger partial charge in [0.1, 0.15) is 11.8 Å². The van der Waals surface area contributed by atoms with Gasteiger partial charge in [0.2, 0.25) is 11.8 Å². The molecule has 32 heavy (non-hydrogen) atoms. The van der Waals surface area contributed by atoms with E-state index in [0.29, 0.717) is 25.1 Å². The average molecular weight is 441 g/mol. The molecule has 2 aromatic carbocycles. The summed E-state index contributed by atoms with van der Waals surface area (Å²) >= 11 is 0. The maximum absolute atomic E-state index is 12.9. The number of aryl methyl sites for hydroxylation is 1. The fourth-order valence-electron chi connectivity index (χ4n) is 3.98. The molecule has 1 heterocycles. The highest BCUT2D eigenvalue weighted by Crippen LogP contribution is 2.22. The molecule has 1 aliphatic rings. The number of hydrogen-bond acceptors (Lipinski definition) is 6. The molecule has 3 unspecified atom stereocenters. The number of likely N-dealkylation sites (tertiary alicyclic amines) is 1. The molecule has 0 bridgehead atoms. The van der Waals surface area contributed by atoms with E-state index in [9.17, 15) is 14.7 Å². The number of rotatable bonds is 9. The average Bonchev–Trinajstić information content (AvgIpc) is 3.22. The van der Waals surface area contributed by atoms with Crippen molar-refractivity contribution in [1.82, 2.24) is 10.2 Å². The summed E-state index contributed by atoms with van der Waals surface area (Å²) in [6, 6.07) is 13.9. The normalized spacial score (nSPS) is 18.9. The molecular formula is C24H32N4O4. The number of carbonyl (C=O) groups is 2. The molecule has 2 amide bonds. The Labute approximate surface area is 188 Å². The van der Waals surface area contributed by atoms with Crippen molar-refractivity contribution in [3.05, 3.63) is 65.2 Å². The summed E-state index contributed by atoms with van der Waals surface area (Å²) in [5, 5.41) is 13.0. The molecule has 1 saturated heterocycles. The minimum absolute atomic E-state index is 0.106. The highest BCUT2D eigenvalue weighted by atomic mass is 16.5. The van der Waals surface area contributed by atoms with Crippen LogP contribution in [0.3, 0.4) is 0 Å². The monoisotopic (exact) mass is 440 g/mol. The van der Waals surface area contributed by atoms with Crippen LogP contribution >= 0.6 is 0 Å². The lowest BCUT2D eigenvalue weighted by Crippen LogP contribution is -2.51. The van der Waals surface area contributed by atoms with Crippen LogP contribution in [-0.4, -0.2) is 53.7 Å². The Kier molecular flexibility index (Phi) is 8.21. The molecule has 172 valence electrons. The fraction of sp³-hybridized carbons (Fsp3) is 0.417. The van der Waals surface area contributed by atoms with Crippen molar-refractivity contribution in [2.45, 2.75) is 50.5 Å². The molecule has 3 atom stereocenters. The van der Waals surface area contributed by atoms with Crippen LogP contribution in [0.25, 0.3) is 0 Å². The molecule has 0 radical (unpaired) electrons. The minimum Gasteiger partial charge on any atom is -0.496 e. The third-order valence-corrected chi connectivity index (χ3v) is 5.81. The predicted octanol–water partition coefficient (Wildman–Crippen LogP) is 0.692. The molecule has 0 saturated carbocycles. The van der Waals surface area contributed by atoms with Crippen LogP contribution < -0.4 is 21.5 Å². The predicted molar refractivity (Wildman–Crippen MR) is 122 cm³/mol. The van der Waals surface area contributed by atoms with Gasteiger partial charge in [0.15, 0.2) is 0 Å². The van der Waals surface area contributed by atoms with Crippen molar-refractivity contribution in [2.75, 3.05) is 13.7 Å². The summed E-state index contributed by atoms with van der Waals surface area (Å²) in [7, 11) is 1.57. The zero-order valence-electron chi connectivity index (χ0n) is 18.4. The topological polar surface area (TPSA) is 131 Å². The number of benzene rings is 2. The lowest BCUT2D eigenvalue weighted by atomic mass is 10.0. The minimum atomic E-state index is -0.750. The van der Waals surface area contributed by atoms with Gasteiger partial charge < -0.3 is 31.5 Å². The lowest BCUT2D eigenvalue weighted by molar-refractivity contribution is -0.139. The number of nitrogens with two attached hydrogens (primary N) is 2. The van der Waals surface area contributed by atoms with E-state index < -0.39 is 18.2 Å². The van der Waals surface area contributed by atoms with Crippen LogP contribution in [0.4, 0.5) is 0 Å². The Morgan fingerprint density at radius 1 is 1.22 bits per heavy atom. The Hall–Kier alpha value is -2.94. The molecule has 8 nitrogen and oxygen atoms in total. The first kappa shape index (κ1) is 23.7. The third-order valence-electron chi connectivity index (χ3n) is 5.81. The van der Waals surface area contributed by atoms with Crippen LogP contribution in [0.2, 0.25) is 0 Å². The van der Waals surface area contributed by atoms with Gasteiger partial charge in [0, 0.05) is 31.6 Å².